The fourth-order valence-electron chi connectivity index (χ4n) is 4.24. The molecule has 5 nitrogen and oxygen atoms in total. The maximum absolute atomic E-state index is 13.7. The van der Waals surface area contributed by atoms with Crippen molar-refractivity contribution in [1.29, 1.82) is 0 Å². The number of aryl methyl sites for hydroxylation is 1. The minimum atomic E-state index is -5.02. The fraction of sp³-hybridized carbons (Fsp3) is 0.458. The third kappa shape index (κ3) is 6.88. The van der Waals surface area contributed by atoms with Crippen LogP contribution in [0.5, 0.6) is 0 Å². The Hall–Kier alpha value is -2.86. The summed E-state index contributed by atoms with van der Waals surface area (Å²) in [6.45, 7) is 6.91. The smallest absolute Gasteiger partial charge is 0.301 e. The van der Waals surface area contributed by atoms with Crippen molar-refractivity contribution in [2.75, 3.05) is 38.1 Å². The second-order valence-corrected chi connectivity index (χ2v) is 8.69. The number of nitrogens with one attached hydrogen (secondary N) is 2. The fourth-order valence-corrected chi connectivity index (χ4v) is 4.24. The largest absolute Gasteiger partial charge is 0.416 e. The van der Waals surface area contributed by atoms with Crippen LogP contribution in [0.4, 0.5) is 36.4 Å². The molecule has 1 aliphatic heterocycles. The lowest BCUT2D eigenvalue weighted by Gasteiger charge is -2.39. The molecular weight excluding hydrogens is 493 g/mol. The lowest BCUT2D eigenvalue weighted by atomic mass is 9.98. The van der Waals surface area contributed by atoms with Crippen LogP contribution in [-0.2, 0) is 17.1 Å². The lowest BCUT2D eigenvalue weighted by molar-refractivity contribution is -0.143. The molecule has 0 aromatic heterocycles. The Morgan fingerprint density at radius 2 is 1.53 bits per heavy atom. The number of carbonyl (C=O) groups is 1. The molecule has 1 amide bonds. The first-order valence-corrected chi connectivity index (χ1v) is 11.4. The van der Waals surface area contributed by atoms with Crippen molar-refractivity contribution in [2.24, 2.45) is 0 Å². The Bertz CT molecular complexity index is 1030. The van der Waals surface area contributed by atoms with Gasteiger partial charge in [0, 0.05) is 26.2 Å². The molecule has 3 rings (SSSR count). The number of hydrogen-bond acceptors (Lipinski definition) is 4. The maximum Gasteiger partial charge on any atom is 0.416 e. The number of hydrazine groups is 1. The molecule has 0 aliphatic carbocycles. The second-order valence-electron chi connectivity index (χ2n) is 8.69. The number of amides is 1. The Morgan fingerprint density at radius 3 is 2.03 bits per heavy atom. The SMILES string of the molecule is CCCN1CCN(C(C(=O)NNc2cc(C(F)(F)F)cc(C(F)(F)F)c2)c2ccc(F)cc2C)CC1. The molecule has 1 saturated heterocycles. The number of hydrogen-bond donors (Lipinski definition) is 2. The predicted octanol–water partition coefficient (Wildman–Crippen LogP) is 5.38. The van der Waals surface area contributed by atoms with E-state index in [1.54, 1.807) is 6.92 Å². The van der Waals surface area contributed by atoms with Gasteiger partial charge in [0.15, 0.2) is 0 Å². The number of carbonyl (C=O) groups excluding carboxylic acids is 1. The zero-order valence-electron chi connectivity index (χ0n) is 19.7. The van der Waals surface area contributed by atoms with E-state index in [9.17, 15) is 35.5 Å². The summed E-state index contributed by atoms with van der Waals surface area (Å²) in [5.74, 6) is -1.19. The van der Waals surface area contributed by atoms with Crippen molar-refractivity contribution in [3.8, 4) is 0 Å². The van der Waals surface area contributed by atoms with Gasteiger partial charge in [-0.05, 0) is 61.3 Å². The van der Waals surface area contributed by atoms with E-state index in [4.69, 9.17) is 0 Å². The minimum Gasteiger partial charge on any atom is -0.301 e. The Morgan fingerprint density at radius 1 is 0.944 bits per heavy atom. The normalized spacial score (nSPS) is 16.6. The highest BCUT2D eigenvalue weighted by Gasteiger charge is 2.37. The first kappa shape index (κ1) is 27.7. The van der Waals surface area contributed by atoms with E-state index in [1.165, 1.54) is 18.2 Å². The summed E-state index contributed by atoms with van der Waals surface area (Å²) in [6, 6.07) is 3.96. The molecule has 36 heavy (non-hydrogen) atoms. The molecule has 0 bridgehead atoms. The third-order valence-corrected chi connectivity index (χ3v) is 6.00. The monoisotopic (exact) mass is 520 g/mol. The molecule has 1 unspecified atom stereocenters. The zero-order valence-corrected chi connectivity index (χ0v) is 19.7. The molecule has 0 saturated carbocycles. The van der Waals surface area contributed by atoms with Gasteiger partial charge in [0.05, 0.1) is 16.8 Å². The number of halogens is 7. The average molecular weight is 520 g/mol. The summed E-state index contributed by atoms with van der Waals surface area (Å²) in [7, 11) is 0. The second kappa shape index (κ2) is 11.0. The molecule has 2 aromatic carbocycles. The van der Waals surface area contributed by atoms with Gasteiger partial charge in [0.25, 0.3) is 5.91 Å². The molecule has 0 radical (unpaired) electrons. The van der Waals surface area contributed by atoms with Gasteiger partial charge in [-0.2, -0.15) is 26.3 Å². The summed E-state index contributed by atoms with van der Waals surface area (Å²) >= 11 is 0. The van der Waals surface area contributed by atoms with Crippen molar-refractivity contribution in [3.63, 3.8) is 0 Å². The summed E-state index contributed by atoms with van der Waals surface area (Å²) in [5.41, 5.74) is 1.85. The molecule has 2 N–H and O–H groups in total. The van der Waals surface area contributed by atoms with Gasteiger partial charge in [-0.1, -0.05) is 13.0 Å². The number of anilines is 1. The number of nitrogens with zero attached hydrogens (tertiary/aromatic N) is 2. The Kier molecular flexibility index (Phi) is 8.50. The van der Waals surface area contributed by atoms with E-state index in [0.29, 0.717) is 49.4 Å². The maximum atomic E-state index is 13.7. The average Bonchev–Trinajstić information content (AvgIpc) is 2.79. The van der Waals surface area contributed by atoms with Gasteiger partial charge in [-0.25, -0.2) is 4.39 Å². The van der Waals surface area contributed by atoms with Crippen LogP contribution in [0.3, 0.4) is 0 Å². The summed E-state index contributed by atoms with van der Waals surface area (Å²) in [5, 5.41) is 0. The number of rotatable bonds is 7. The van der Waals surface area contributed by atoms with E-state index in [2.05, 4.69) is 15.8 Å². The highest BCUT2D eigenvalue weighted by Crippen LogP contribution is 2.37. The highest BCUT2D eigenvalue weighted by molar-refractivity contribution is 5.84. The quantitative estimate of drug-likeness (QED) is 0.380. The summed E-state index contributed by atoms with van der Waals surface area (Å²) in [6.07, 6.45) is -9.08. The van der Waals surface area contributed by atoms with Crippen molar-refractivity contribution in [2.45, 2.75) is 38.7 Å². The molecule has 2 aromatic rings. The number of alkyl halides is 6. The first-order valence-electron chi connectivity index (χ1n) is 11.4. The van der Waals surface area contributed by atoms with E-state index >= 15 is 0 Å². The predicted molar refractivity (Wildman–Crippen MR) is 120 cm³/mol. The van der Waals surface area contributed by atoms with Crippen LogP contribution >= 0.6 is 0 Å². The molecule has 1 heterocycles. The third-order valence-electron chi connectivity index (χ3n) is 6.00. The minimum absolute atomic E-state index is 0.00741. The Balaban J connectivity index is 1.86. The van der Waals surface area contributed by atoms with Crippen LogP contribution < -0.4 is 10.9 Å². The highest BCUT2D eigenvalue weighted by atomic mass is 19.4. The van der Waals surface area contributed by atoms with E-state index < -0.39 is 46.9 Å². The van der Waals surface area contributed by atoms with Crippen molar-refractivity contribution >= 4 is 11.6 Å². The van der Waals surface area contributed by atoms with E-state index in [1.807, 2.05) is 11.8 Å². The zero-order chi connectivity index (χ0) is 26.7. The van der Waals surface area contributed by atoms with Crippen LogP contribution in [0, 0.1) is 12.7 Å². The van der Waals surface area contributed by atoms with Crippen LogP contribution in [0.2, 0.25) is 0 Å². The van der Waals surface area contributed by atoms with Gasteiger partial charge in [-0.15, -0.1) is 0 Å². The van der Waals surface area contributed by atoms with Gasteiger partial charge in [0.2, 0.25) is 0 Å². The van der Waals surface area contributed by atoms with Gasteiger partial charge in [0.1, 0.15) is 11.9 Å². The number of piperazine rings is 1. The molecule has 0 spiro atoms. The first-order chi connectivity index (χ1) is 16.8. The van der Waals surface area contributed by atoms with Crippen molar-refractivity contribution < 1.29 is 35.5 Å². The van der Waals surface area contributed by atoms with E-state index in [0.717, 1.165) is 13.0 Å². The van der Waals surface area contributed by atoms with Crippen molar-refractivity contribution in [3.05, 3.63) is 64.5 Å². The van der Waals surface area contributed by atoms with Gasteiger partial charge in [-0.3, -0.25) is 20.5 Å². The molecular formula is C24H27F7N4O. The molecule has 1 atom stereocenters. The van der Waals surface area contributed by atoms with Gasteiger partial charge >= 0.3 is 12.4 Å². The molecule has 12 heteroatoms. The summed E-state index contributed by atoms with van der Waals surface area (Å²) < 4.78 is 92.7. The lowest BCUT2D eigenvalue weighted by Crippen LogP contribution is -2.51. The molecule has 1 aliphatic rings. The standard InChI is InChI=1S/C24H27F7N4O/c1-3-6-34-7-9-35(10-8-34)21(20-5-4-18(25)11-15(20)2)22(36)33-32-19-13-16(23(26,27)28)12-17(14-19)24(29,30)31/h4-5,11-14,21,32H,3,6-10H2,1-2H3,(H,33,36). The van der Waals surface area contributed by atoms with Crippen molar-refractivity contribution in [1.82, 2.24) is 15.2 Å². The van der Waals surface area contributed by atoms with E-state index in [-0.39, 0.29) is 6.07 Å². The van der Waals surface area contributed by atoms with Crippen LogP contribution in [0.1, 0.15) is 41.6 Å². The topological polar surface area (TPSA) is 47.6 Å². The molecule has 198 valence electrons. The summed E-state index contributed by atoms with van der Waals surface area (Å²) in [4.78, 5) is 17.3. The van der Waals surface area contributed by atoms with Crippen LogP contribution in [-0.4, -0.2) is 48.4 Å². The van der Waals surface area contributed by atoms with Gasteiger partial charge < -0.3 is 4.90 Å². The van der Waals surface area contributed by atoms with Crippen LogP contribution in [0.25, 0.3) is 0 Å². The number of benzene rings is 2. The Labute approximate surface area is 204 Å². The van der Waals surface area contributed by atoms with Crippen LogP contribution in [0.15, 0.2) is 36.4 Å². The molecule has 1 fully saturated rings.